The highest BCUT2D eigenvalue weighted by molar-refractivity contribution is 4.87. The first-order valence-corrected chi connectivity index (χ1v) is 8.55. The van der Waals surface area contributed by atoms with Gasteiger partial charge in [0, 0.05) is 12.6 Å². The van der Waals surface area contributed by atoms with Gasteiger partial charge in [-0.05, 0) is 44.6 Å². The predicted molar refractivity (Wildman–Crippen MR) is 83.5 cm³/mol. The summed E-state index contributed by atoms with van der Waals surface area (Å²) < 4.78 is 6.09. The molecule has 1 aliphatic carbocycles. The largest absolute Gasteiger partial charge is 0.377 e. The Labute approximate surface area is 120 Å². The summed E-state index contributed by atoms with van der Waals surface area (Å²) in [5.74, 6) is 1.41. The van der Waals surface area contributed by atoms with Crippen LogP contribution in [0.15, 0.2) is 0 Å². The van der Waals surface area contributed by atoms with E-state index in [1.165, 1.54) is 44.9 Å². The Balaban J connectivity index is 2.71. The summed E-state index contributed by atoms with van der Waals surface area (Å²) >= 11 is 0. The van der Waals surface area contributed by atoms with Crippen LogP contribution in [0.2, 0.25) is 0 Å². The summed E-state index contributed by atoms with van der Waals surface area (Å²) in [6.45, 7) is 10.9. The Morgan fingerprint density at radius 2 is 1.68 bits per heavy atom. The van der Waals surface area contributed by atoms with Gasteiger partial charge in [0.1, 0.15) is 0 Å². The van der Waals surface area contributed by atoms with Gasteiger partial charge in [0.2, 0.25) is 0 Å². The van der Waals surface area contributed by atoms with Crippen LogP contribution in [-0.4, -0.2) is 25.3 Å². The SMILES string of the molecule is CCCNC(C1CCCCCC1)C(OCC)C(C)C. The second kappa shape index (κ2) is 9.77. The zero-order chi connectivity index (χ0) is 14.1. The average Bonchev–Trinajstić information content (AvgIpc) is 2.66. The van der Waals surface area contributed by atoms with Gasteiger partial charge in [0.05, 0.1) is 6.10 Å². The number of nitrogens with one attached hydrogen (secondary N) is 1. The van der Waals surface area contributed by atoms with Gasteiger partial charge in [-0.15, -0.1) is 0 Å². The van der Waals surface area contributed by atoms with Crippen molar-refractivity contribution in [1.82, 2.24) is 5.32 Å². The predicted octanol–water partition coefficient (Wildman–Crippen LogP) is 4.39. The highest BCUT2D eigenvalue weighted by atomic mass is 16.5. The zero-order valence-corrected chi connectivity index (χ0v) is 13.6. The highest BCUT2D eigenvalue weighted by Gasteiger charge is 2.31. The molecule has 114 valence electrons. The fraction of sp³-hybridized carbons (Fsp3) is 1.00. The highest BCUT2D eigenvalue weighted by Crippen LogP contribution is 2.29. The topological polar surface area (TPSA) is 21.3 Å². The molecule has 1 N–H and O–H groups in total. The van der Waals surface area contributed by atoms with Crippen LogP contribution in [0.5, 0.6) is 0 Å². The van der Waals surface area contributed by atoms with Gasteiger partial charge in [-0.1, -0.05) is 46.5 Å². The van der Waals surface area contributed by atoms with Crippen molar-refractivity contribution in [2.75, 3.05) is 13.2 Å². The maximum atomic E-state index is 6.09. The number of rotatable bonds is 8. The van der Waals surface area contributed by atoms with Crippen LogP contribution in [-0.2, 0) is 4.74 Å². The Morgan fingerprint density at radius 1 is 1.05 bits per heavy atom. The third-order valence-corrected chi connectivity index (χ3v) is 4.41. The van der Waals surface area contributed by atoms with E-state index in [2.05, 4.69) is 33.0 Å². The Morgan fingerprint density at radius 3 is 2.16 bits per heavy atom. The monoisotopic (exact) mass is 269 g/mol. The van der Waals surface area contributed by atoms with E-state index in [9.17, 15) is 0 Å². The molecule has 0 aromatic rings. The summed E-state index contributed by atoms with van der Waals surface area (Å²) in [4.78, 5) is 0. The third kappa shape index (κ3) is 5.83. The van der Waals surface area contributed by atoms with Crippen LogP contribution in [0.1, 0.15) is 72.6 Å². The Hall–Kier alpha value is -0.0800. The average molecular weight is 269 g/mol. The van der Waals surface area contributed by atoms with Crippen molar-refractivity contribution in [3.8, 4) is 0 Å². The second-order valence-electron chi connectivity index (χ2n) is 6.40. The third-order valence-electron chi connectivity index (χ3n) is 4.41. The van der Waals surface area contributed by atoms with E-state index in [0.29, 0.717) is 18.1 Å². The van der Waals surface area contributed by atoms with Crippen molar-refractivity contribution >= 4 is 0 Å². The molecule has 0 amide bonds. The number of hydrogen-bond acceptors (Lipinski definition) is 2. The lowest BCUT2D eigenvalue weighted by molar-refractivity contribution is -0.0139. The molecule has 1 fully saturated rings. The molecular formula is C17H35NO. The lowest BCUT2D eigenvalue weighted by Gasteiger charge is -2.36. The molecule has 1 rings (SSSR count). The van der Waals surface area contributed by atoms with E-state index in [1.54, 1.807) is 0 Å². The molecular weight excluding hydrogens is 234 g/mol. The smallest absolute Gasteiger partial charge is 0.0753 e. The quantitative estimate of drug-likeness (QED) is 0.660. The Bertz CT molecular complexity index is 209. The first kappa shape index (κ1) is 17.0. The molecule has 1 aliphatic rings. The molecule has 0 heterocycles. The minimum Gasteiger partial charge on any atom is -0.377 e. The maximum Gasteiger partial charge on any atom is 0.0753 e. The van der Waals surface area contributed by atoms with Crippen molar-refractivity contribution in [2.45, 2.75) is 84.8 Å². The molecule has 2 nitrogen and oxygen atoms in total. The fourth-order valence-corrected chi connectivity index (χ4v) is 3.44. The molecule has 2 heteroatoms. The lowest BCUT2D eigenvalue weighted by Crippen LogP contribution is -2.49. The van der Waals surface area contributed by atoms with Gasteiger partial charge in [0.25, 0.3) is 0 Å². The standard InChI is InChI=1S/C17H35NO/c1-5-13-18-16(17(14(3)4)19-6-2)15-11-9-7-8-10-12-15/h14-18H,5-13H2,1-4H3. The van der Waals surface area contributed by atoms with Crippen molar-refractivity contribution in [2.24, 2.45) is 11.8 Å². The summed E-state index contributed by atoms with van der Waals surface area (Å²) in [5, 5.41) is 3.81. The van der Waals surface area contributed by atoms with E-state index < -0.39 is 0 Å². The first-order chi connectivity index (χ1) is 9.20. The molecule has 0 aliphatic heterocycles. The number of ether oxygens (including phenoxy) is 1. The molecule has 2 atom stereocenters. The molecule has 0 aromatic heterocycles. The maximum absolute atomic E-state index is 6.09. The van der Waals surface area contributed by atoms with Crippen molar-refractivity contribution in [1.29, 1.82) is 0 Å². The van der Waals surface area contributed by atoms with Crippen LogP contribution < -0.4 is 5.32 Å². The molecule has 2 unspecified atom stereocenters. The molecule has 0 radical (unpaired) electrons. The molecule has 1 saturated carbocycles. The van der Waals surface area contributed by atoms with Crippen LogP contribution in [0.25, 0.3) is 0 Å². The van der Waals surface area contributed by atoms with Gasteiger partial charge >= 0.3 is 0 Å². The van der Waals surface area contributed by atoms with E-state index >= 15 is 0 Å². The summed E-state index contributed by atoms with van der Waals surface area (Å²) in [7, 11) is 0. The Kier molecular flexibility index (Phi) is 8.72. The minimum atomic E-state index is 0.375. The van der Waals surface area contributed by atoms with Crippen LogP contribution in [0, 0.1) is 11.8 Å². The van der Waals surface area contributed by atoms with E-state index in [-0.39, 0.29) is 0 Å². The van der Waals surface area contributed by atoms with Crippen molar-refractivity contribution < 1.29 is 4.74 Å². The first-order valence-electron chi connectivity index (χ1n) is 8.55. The van der Waals surface area contributed by atoms with Crippen LogP contribution in [0.3, 0.4) is 0 Å². The van der Waals surface area contributed by atoms with Gasteiger partial charge in [-0.25, -0.2) is 0 Å². The molecule has 0 aromatic carbocycles. The second-order valence-corrected chi connectivity index (χ2v) is 6.40. The van der Waals surface area contributed by atoms with Gasteiger partial charge in [-0.2, -0.15) is 0 Å². The summed E-state index contributed by atoms with van der Waals surface area (Å²) in [6.07, 6.45) is 10.0. The van der Waals surface area contributed by atoms with Crippen molar-refractivity contribution in [3.05, 3.63) is 0 Å². The molecule has 0 bridgehead atoms. The minimum absolute atomic E-state index is 0.375. The lowest BCUT2D eigenvalue weighted by atomic mass is 9.84. The fourth-order valence-electron chi connectivity index (χ4n) is 3.44. The molecule has 19 heavy (non-hydrogen) atoms. The van der Waals surface area contributed by atoms with Gasteiger partial charge in [0.15, 0.2) is 0 Å². The molecule has 0 saturated heterocycles. The van der Waals surface area contributed by atoms with E-state index in [4.69, 9.17) is 4.74 Å². The summed E-state index contributed by atoms with van der Waals surface area (Å²) in [6, 6.07) is 0.554. The van der Waals surface area contributed by atoms with Crippen LogP contribution in [0.4, 0.5) is 0 Å². The summed E-state index contributed by atoms with van der Waals surface area (Å²) in [5.41, 5.74) is 0. The van der Waals surface area contributed by atoms with Gasteiger partial charge < -0.3 is 10.1 Å². The van der Waals surface area contributed by atoms with E-state index in [0.717, 1.165) is 19.1 Å². The van der Waals surface area contributed by atoms with Crippen molar-refractivity contribution in [3.63, 3.8) is 0 Å². The van der Waals surface area contributed by atoms with E-state index in [1.807, 2.05) is 0 Å². The zero-order valence-electron chi connectivity index (χ0n) is 13.6. The normalized spacial score (nSPS) is 21.3. The number of hydrogen-bond donors (Lipinski definition) is 1. The van der Waals surface area contributed by atoms with Crippen LogP contribution >= 0.6 is 0 Å². The van der Waals surface area contributed by atoms with Gasteiger partial charge in [-0.3, -0.25) is 0 Å². The molecule has 0 spiro atoms.